The Morgan fingerprint density at radius 3 is 1.11 bits per heavy atom. The molecule has 0 saturated carbocycles. The van der Waals surface area contributed by atoms with Crippen molar-refractivity contribution in [2.75, 3.05) is 0 Å². The van der Waals surface area contributed by atoms with E-state index in [1.807, 2.05) is 0 Å². The monoisotopic (exact) mass is 706 g/mol. The third kappa shape index (κ3) is 3.95. The highest BCUT2D eigenvalue weighted by molar-refractivity contribution is 6.32. The van der Waals surface area contributed by atoms with Crippen LogP contribution in [0.2, 0.25) is 0 Å². The van der Waals surface area contributed by atoms with Gasteiger partial charge in [0.1, 0.15) is 0 Å². The number of benzene rings is 10. The molecule has 56 heavy (non-hydrogen) atoms. The molecule has 12 aromatic rings. The van der Waals surface area contributed by atoms with Gasteiger partial charge in [-0.15, -0.1) is 0 Å². The van der Waals surface area contributed by atoms with Gasteiger partial charge in [-0.25, -0.2) is 9.97 Å². The first kappa shape index (κ1) is 30.0. The summed E-state index contributed by atoms with van der Waals surface area (Å²) in [5, 5.41) is 14.7. The zero-order valence-electron chi connectivity index (χ0n) is 30.2. The number of rotatable bonds is 2. The molecule has 0 N–H and O–H groups in total. The van der Waals surface area contributed by atoms with E-state index < -0.39 is 0 Å². The quantitative estimate of drug-likeness (QED) is 0.132. The molecule has 2 aromatic heterocycles. The van der Waals surface area contributed by atoms with E-state index in [0.717, 1.165) is 43.6 Å². The lowest BCUT2D eigenvalue weighted by Gasteiger charge is -2.22. The van der Waals surface area contributed by atoms with E-state index in [4.69, 9.17) is 9.97 Å². The topological polar surface area (TPSA) is 25.8 Å². The number of aromatic nitrogens is 2. The van der Waals surface area contributed by atoms with E-state index in [2.05, 4.69) is 182 Å². The smallest absolute Gasteiger partial charge is 0.0715 e. The normalized spacial score (nSPS) is 12.3. The van der Waals surface area contributed by atoms with Gasteiger partial charge in [0.15, 0.2) is 0 Å². The average molecular weight is 707 g/mol. The van der Waals surface area contributed by atoms with Crippen LogP contribution in [0.25, 0.3) is 131 Å². The summed E-state index contributed by atoms with van der Waals surface area (Å²) < 4.78 is 0. The van der Waals surface area contributed by atoms with Gasteiger partial charge in [0.25, 0.3) is 0 Å². The third-order valence-electron chi connectivity index (χ3n) is 12.3. The maximum Gasteiger partial charge on any atom is 0.0715 e. The molecule has 0 amide bonds. The van der Waals surface area contributed by atoms with Gasteiger partial charge in [-0.05, 0) is 119 Å². The first-order valence-corrected chi connectivity index (χ1v) is 19.3. The fourth-order valence-corrected chi connectivity index (χ4v) is 10.0. The molecule has 10 aromatic carbocycles. The van der Waals surface area contributed by atoms with Crippen molar-refractivity contribution in [2.24, 2.45) is 0 Å². The van der Waals surface area contributed by atoms with Crippen LogP contribution in [-0.4, -0.2) is 9.97 Å². The van der Waals surface area contributed by atoms with E-state index in [9.17, 15) is 0 Å². The van der Waals surface area contributed by atoms with Crippen LogP contribution in [0.5, 0.6) is 0 Å². The first-order chi connectivity index (χ1) is 27.8. The molecule has 1 aliphatic rings. The lowest BCUT2D eigenvalue weighted by atomic mass is 9.81. The highest BCUT2D eigenvalue weighted by Gasteiger charge is 2.28. The van der Waals surface area contributed by atoms with Gasteiger partial charge in [-0.2, -0.15) is 0 Å². The number of pyridine rings is 2. The number of hydrogen-bond acceptors (Lipinski definition) is 2. The van der Waals surface area contributed by atoms with Gasteiger partial charge in [-0.1, -0.05) is 140 Å². The zero-order chi connectivity index (χ0) is 36.5. The lowest BCUT2D eigenvalue weighted by Crippen LogP contribution is -1.96. The van der Waals surface area contributed by atoms with E-state index >= 15 is 0 Å². The first-order valence-electron chi connectivity index (χ1n) is 19.3. The zero-order valence-corrected chi connectivity index (χ0v) is 30.2. The van der Waals surface area contributed by atoms with Crippen LogP contribution >= 0.6 is 0 Å². The van der Waals surface area contributed by atoms with Crippen molar-refractivity contribution in [3.05, 3.63) is 182 Å². The molecule has 13 rings (SSSR count). The standard InChI is InChI=1S/C54H30N2/c1-2-15-32-31(14-1)28-43-42-30-45-44(29-41(42)36-23-13-22-33(32)50(36)43)51(53-37-18-5-9-24-46(37)55-47-25-10-6-19-38(47)53)34-16-3-4-17-35(34)52(45)54-39-20-7-11-26-48(39)56-49-27-12-8-21-40(49)54/h1-30H. The van der Waals surface area contributed by atoms with Gasteiger partial charge in [0, 0.05) is 32.7 Å². The molecule has 2 nitrogen and oxygen atoms in total. The molecule has 256 valence electrons. The summed E-state index contributed by atoms with van der Waals surface area (Å²) in [6.07, 6.45) is 0. The predicted molar refractivity (Wildman–Crippen MR) is 237 cm³/mol. The SMILES string of the molecule is c1ccc2c(c1)cc1c3c(cccc32)-c2cc3c(-c4c5ccccc5nc5ccccc45)c4ccccc4c(-c4c5ccccc5nc5ccccc45)c3cc2-1. The highest BCUT2D eigenvalue weighted by Crippen LogP contribution is 2.55. The molecule has 0 aliphatic heterocycles. The second-order valence-corrected chi connectivity index (χ2v) is 15.2. The summed E-state index contributed by atoms with van der Waals surface area (Å²) in [5.41, 5.74) is 14.1. The summed E-state index contributed by atoms with van der Waals surface area (Å²) in [6, 6.07) is 66.8. The summed E-state index contributed by atoms with van der Waals surface area (Å²) in [4.78, 5) is 10.4. The maximum absolute atomic E-state index is 5.19. The molecule has 0 fully saturated rings. The van der Waals surface area contributed by atoms with Crippen LogP contribution in [-0.2, 0) is 0 Å². The molecular weight excluding hydrogens is 677 g/mol. The molecular formula is C54H30N2. The molecule has 0 saturated heterocycles. The average Bonchev–Trinajstić information content (AvgIpc) is 3.56. The van der Waals surface area contributed by atoms with Crippen LogP contribution in [0.3, 0.4) is 0 Å². The second-order valence-electron chi connectivity index (χ2n) is 15.2. The van der Waals surface area contributed by atoms with E-state index in [-0.39, 0.29) is 0 Å². The Hall–Kier alpha value is -7.42. The minimum atomic E-state index is 0.999. The maximum atomic E-state index is 5.19. The highest BCUT2D eigenvalue weighted by atomic mass is 14.7. The Morgan fingerprint density at radius 2 is 0.607 bits per heavy atom. The summed E-state index contributed by atoms with van der Waals surface area (Å²) in [5.74, 6) is 0. The van der Waals surface area contributed by atoms with Gasteiger partial charge in [0.2, 0.25) is 0 Å². The Labute approximate surface area is 321 Å². The van der Waals surface area contributed by atoms with Crippen molar-refractivity contribution < 1.29 is 0 Å². The Bertz CT molecular complexity index is 3600. The van der Waals surface area contributed by atoms with Gasteiger partial charge >= 0.3 is 0 Å². The summed E-state index contributed by atoms with van der Waals surface area (Å²) >= 11 is 0. The minimum Gasteiger partial charge on any atom is -0.248 e. The van der Waals surface area contributed by atoms with Crippen molar-refractivity contribution in [3.8, 4) is 44.5 Å². The molecule has 0 bridgehead atoms. The van der Waals surface area contributed by atoms with Crippen LogP contribution in [0.4, 0.5) is 0 Å². The van der Waals surface area contributed by atoms with E-state index in [1.54, 1.807) is 0 Å². The largest absolute Gasteiger partial charge is 0.248 e. The number of nitrogens with zero attached hydrogens (tertiary/aromatic N) is 2. The Balaban J connectivity index is 1.30. The van der Waals surface area contributed by atoms with Crippen molar-refractivity contribution in [1.29, 1.82) is 0 Å². The number of hydrogen-bond donors (Lipinski definition) is 0. The third-order valence-corrected chi connectivity index (χ3v) is 12.3. The van der Waals surface area contributed by atoms with Crippen molar-refractivity contribution >= 4 is 86.7 Å². The molecule has 0 atom stereocenters. The van der Waals surface area contributed by atoms with E-state index in [0.29, 0.717) is 0 Å². The molecule has 0 radical (unpaired) electrons. The molecule has 2 heteroatoms. The lowest BCUT2D eigenvalue weighted by molar-refractivity contribution is 1.50. The predicted octanol–water partition coefficient (Wildman–Crippen LogP) is 14.7. The van der Waals surface area contributed by atoms with Crippen LogP contribution in [0.15, 0.2) is 182 Å². The van der Waals surface area contributed by atoms with E-state index in [1.165, 1.54) is 87.6 Å². The number of fused-ring (bicyclic) bond motifs is 11. The second kappa shape index (κ2) is 11.1. The van der Waals surface area contributed by atoms with Crippen LogP contribution in [0, 0.1) is 0 Å². The minimum absolute atomic E-state index is 0.999. The molecule has 1 aliphatic carbocycles. The molecule has 2 heterocycles. The van der Waals surface area contributed by atoms with Crippen LogP contribution < -0.4 is 0 Å². The van der Waals surface area contributed by atoms with Crippen molar-refractivity contribution in [1.82, 2.24) is 9.97 Å². The summed E-state index contributed by atoms with van der Waals surface area (Å²) in [7, 11) is 0. The molecule has 0 unspecified atom stereocenters. The fraction of sp³-hybridized carbons (Fsp3) is 0. The summed E-state index contributed by atoms with van der Waals surface area (Å²) in [6.45, 7) is 0. The fourth-order valence-electron chi connectivity index (χ4n) is 10.0. The van der Waals surface area contributed by atoms with Gasteiger partial charge in [0.05, 0.1) is 22.1 Å². The van der Waals surface area contributed by atoms with Crippen molar-refractivity contribution in [3.63, 3.8) is 0 Å². The number of para-hydroxylation sites is 4. The van der Waals surface area contributed by atoms with Gasteiger partial charge < -0.3 is 0 Å². The Morgan fingerprint density at radius 1 is 0.232 bits per heavy atom. The van der Waals surface area contributed by atoms with Crippen LogP contribution in [0.1, 0.15) is 0 Å². The Kier molecular flexibility index (Phi) is 5.92. The van der Waals surface area contributed by atoms with Gasteiger partial charge in [-0.3, -0.25) is 0 Å². The molecule has 0 spiro atoms. The van der Waals surface area contributed by atoms with Crippen molar-refractivity contribution in [2.45, 2.75) is 0 Å².